The SMILES string of the molecule is CCCc1ccc(-n2ccc3c2CCCC3=O)cc1. The van der Waals surface area contributed by atoms with E-state index in [0.29, 0.717) is 12.2 Å². The molecule has 0 bridgehead atoms. The van der Waals surface area contributed by atoms with Crippen LogP contribution in [0.3, 0.4) is 0 Å². The summed E-state index contributed by atoms with van der Waals surface area (Å²) in [4.78, 5) is 11.9. The molecule has 19 heavy (non-hydrogen) atoms. The molecule has 1 aliphatic rings. The van der Waals surface area contributed by atoms with Crippen LogP contribution in [0.2, 0.25) is 0 Å². The van der Waals surface area contributed by atoms with Gasteiger partial charge in [0, 0.05) is 29.6 Å². The van der Waals surface area contributed by atoms with E-state index in [9.17, 15) is 4.79 Å². The number of fused-ring (bicyclic) bond motifs is 1. The molecule has 0 radical (unpaired) electrons. The minimum Gasteiger partial charge on any atom is -0.320 e. The lowest BCUT2D eigenvalue weighted by Gasteiger charge is -2.15. The second-order valence-corrected chi connectivity index (χ2v) is 5.24. The van der Waals surface area contributed by atoms with Crippen LogP contribution in [0, 0.1) is 0 Å². The Morgan fingerprint density at radius 3 is 2.63 bits per heavy atom. The van der Waals surface area contributed by atoms with Gasteiger partial charge in [-0.15, -0.1) is 0 Å². The summed E-state index contributed by atoms with van der Waals surface area (Å²) in [5.41, 5.74) is 4.64. The van der Waals surface area contributed by atoms with Crippen LogP contribution in [0.5, 0.6) is 0 Å². The highest BCUT2D eigenvalue weighted by molar-refractivity contribution is 5.98. The van der Waals surface area contributed by atoms with Gasteiger partial charge in [-0.05, 0) is 43.0 Å². The zero-order valence-electron chi connectivity index (χ0n) is 11.4. The van der Waals surface area contributed by atoms with Crippen LogP contribution >= 0.6 is 0 Å². The van der Waals surface area contributed by atoms with Gasteiger partial charge in [0.15, 0.2) is 5.78 Å². The van der Waals surface area contributed by atoms with Crippen molar-refractivity contribution in [3.8, 4) is 5.69 Å². The van der Waals surface area contributed by atoms with Gasteiger partial charge in [0.05, 0.1) is 0 Å². The second kappa shape index (κ2) is 5.04. The number of nitrogens with zero attached hydrogens (tertiary/aromatic N) is 1. The first-order chi connectivity index (χ1) is 9.29. The molecule has 0 unspecified atom stereocenters. The fourth-order valence-electron chi connectivity index (χ4n) is 2.88. The van der Waals surface area contributed by atoms with E-state index in [1.807, 2.05) is 12.3 Å². The molecule has 2 aromatic rings. The van der Waals surface area contributed by atoms with Crippen molar-refractivity contribution in [2.75, 3.05) is 0 Å². The first kappa shape index (κ1) is 12.2. The van der Waals surface area contributed by atoms with E-state index in [0.717, 1.165) is 30.5 Å². The van der Waals surface area contributed by atoms with E-state index in [1.54, 1.807) is 0 Å². The highest BCUT2D eigenvalue weighted by Gasteiger charge is 2.20. The van der Waals surface area contributed by atoms with Crippen molar-refractivity contribution in [1.82, 2.24) is 4.57 Å². The number of benzene rings is 1. The Morgan fingerprint density at radius 1 is 1.11 bits per heavy atom. The van der Waals surface area contributed by atoms with Crippen LogP contribution in [0.15, 0.2) is 36.5 Å². The van der Waals surface area contributed by atoms with Crippen molar-refractivity contribution in [1.29, 1.82) is 0 Å². The molecule has 0 aliphatic heterocycles. The number of Topliss-reactive ketones (excluding diaryl/α,β-unsaturated/α-hetero) is 1. The minimum absolute atomic E-state index is 0.294. The summed E-state index contributed by atoms with van der Waals surface area (Å²) in [6.07, 6.45) is 7.01. The van der Waals surface area contributed by atoms with Crippen molar-refractivity contribution in [3.05, 3.63) is 53.3 Å². The molecule has 2 heteroatoms. The smallest absolute Gasteiger partial charge is 0.164 e. The third kappa shape index (κ3) is 2.23. The van der Waals surface area contributed by atoms with Gasteiger partial charge >= 0.3 is 0 Å². The Bertz CT molecular complexity index is 592. The molecule has 2 nitrogen and oxygen atoms in total. The fourth-order valence-corrected chi connectivity index (χ4v) is 2.88. The van der Waals surface area contributed by atoms with Crippen molar-refractivity contribution >= 4 is 5.78 Å². The minimum atomic E-state index is 0.294. The summed E-state index contributed by atoms with van der Waals surface area (Å²) in [7, 11) is 0. The molecule has 0 atom stereocenters. The standard InChI is InChI=1S/C17H19NO/c1-2-4-13-7-9-14(10-8-13)18-12-11-15-16(18)5-3-6-17(15)19/h7-12H,2-6H2,1H3. The molecular weight excluding hydrogens is 234 g/mol. The zero-order valence-corrected chi connectivity index (χ0v) is 11.4. The first-order valence-corrected chi connectivity index (χ1v) is 7.12. The Kier molecular flexibility index (Phi) is 3.24. The van der Waals surface area contributed by atoms with Crippen LogP contribution in [0.4, 0.5) is 0 Å². The van der Waals surface area contributed by atoms with Crippen LogP contribution in [0.1, 0.15) is 47.8 Å². The molecule has 1 aromatic carbocycles. The van der Waals surface area contributed by atoms with Crippen LogP contribution in [0.25, 0.3) is 5.69 Å². The molecule has 0 fully saturated rings. The highest BCUT2D eigenvalue weighted by atomic mass is 16.1. The van der Waals surface area contributed by atoms with Gasteiger partial charge in [0.25, 0.3) is 0 Å². The highest BCUT2D eigenvalue weighted by Crippen LogP contribution is 2.25. The summed E-state index contributed by atoms with van der Waals surface area (Å²) in [6, 6.07) is 10.7. The van der Waals surface area contributed by atoms with Gasteiger partial charge < -0.3 is 4.57 Å². The van der Waals surface area contributed by atoms with E-state index >= 15 is 0 Å². The van der Waals surface area contributed by atoms with Gasteiger partial charge in [-0.25, -0.2) is 0 Å². The predicted octanol–water partition coefficient (Wildman–Crippen LogP) is 3.95. The maximum Gasteiger partial charge on any atom is 0.164 e. The monoisotopic (exact) mass is 253 g/mol. The van der Waals surface area contributed by atoms with Crippen LogP contribution < -0.4 is 0 Å². The summed E-state index contributed by atoms with van der Waals surface area (Å²) in [5, 5.41) is 0. The number of rotatable bonds is 3. The zero-order chi connectivity index (χ0) is 13.2. The van der Waals surface area contributed by atoms with Crippen molar-refractivity contribution in [2.24, 2.45) is 0 Å². The maximum absolute atomic E-state index is 11.9. The van der Waals surface area contributed by atoms with E-state index < -0.39 is 0 Å². The second-order valence-electron chi connectivity index (χ2n) is 5.24. The Hall–Kier alpha value is -1.83. The molecular formula is C17H19NO. The topological polar surface area (TPSA) is 22.0 Å². The number of hydrogen-bond donors (Lipinski definition) is 0. The fraction of sp³-hybridized carbons (Fsp3) is 0.353. The lowest BCUT2D eigenvalue weighted by molar-refractivity contribution is 0.0972. The average Bonchev–Trinajstić information content (AvgIpc) is 2.85. The van der Waals surface area contributed by atoms with Gasteiger partial charge in [-0.2, -0.15) is 0 Å². The third-order valence-electron chi connectivity index (χ3n) is 3.86. The quantitative estimate of drug-likeness (QED) is 0.811. The number of aromatic nitrogens is 1. The van der Waals surface area contributed by atoms with Crippen molar-refractivity contribution < 1.29 is 4.79 Å². The van der Waals surface area contributed by atoms with E-state index in [2.05, 4.69) is 35.8 Å². The third-order valence-corrected chi connectivity index (χ3v) is 3.86. The summed E-state index contributed by atoms with van der Waals surface area (Å²) < 4.78 is 2.17. The lowest BCUT2D eigenvalue weighted by Crippen LogP contribution is -2.12. The lowest BCUT2D eigenvalue weighted by atomic mass is 9.96. The average molecular weight is 253 g/mol. The van der Waals surface area contributed by atoms with Crippen LogP contribution in [-0.4, -0.2) is 10.4 Å². The summed E-state index contributed by atoms with van der Waals surface area (Å²) in [6.45, 7) is 2.20. The number of ketones is 1. The number of carbonyl (C=O) groups excluding carboxylic acids is 1. The molecule has 1 heterocycles. The predicted molar refractivity (Wildman–Crippen MR) is 77.0 cm³/mol. The van der Waals surface area contributed by atoms with E-state index in [1.165, 1.54) is 17.7 Å². The number of hydrogen-bond acceptors (Lipinski definition) is 1. The van der Waals surface area contributed by atoms with Gasteiger partial charge in [-0.3, -0.25) is 4.79 Å². The van der Waals surface area contributed by atoms with Gasteiger partial charge in [0.1, 0.15) is 0 Å². The van der Waals surface area contributed by atoms with E-state index in [-0.39, 0.29) is 0 Å². The Morgan fingerprint density at radius 2 is 1.89 bits per heavy atom. The Balaban J connectivity index is 1.96. The summed E-state index contributed by atoms with van der Waals surface area (Å²) in [5.74, 6) is 0.294. The molecule has 0 saturated heterocycles. The Labute approximate surface area is 114 Å². The van der Waals surface area contributed by atoms with Crippen molar-refractivity contribution in [2.45, 2.75) is 39.0 Å². The number of carbonyl (C=O) groups is 1. The van der Waals surface area contributed by atoms with Gasteiger partial charge in [0.2, 0.25) is 0 Å². The van der Waals surface area contributed by atoms with Crippen LogP contribution in [-0.2, 0) is 12.8 Å². The molecule has 1 aliphatic carbocycles. The molecule has 0 N–H and O–H groups in total. The largest absolute Gasteiger partial charge is 0.320 e. The number of aryl methyl sites for hydroxylation is 1. The van der Waals surface area contributed by atoms with Crippen molar-refractivity contribution in [3.63, 3.8) is 0 Å². The molecule has 0 spiro atoms. The molecule has 0 amide bonds. The molecule has 0 saturated carbocycles. The summed E-state index contributed by atoms with van der Waals surface area (Å²) >= 11 is 0. The normalized spacial score (nSPS) is 14.5. The van der Waals surface area contributed by atoms with E-state index in [4.69, 9.17) is 0 Å². The maximum atomic E-state index is 11.9. The molecule has 1 aromatic heterocycles. The molecule has 98 valence electrons. The molecule has 3 rings (SSSR count). The first-order valence-electron chi connectivity index (χ1n) is 7.12. The van der Waals surface area contributed by atoms with Gasteiger partial charge in [-0.1, -0.05) is 25.5 Å².